The van der Waals surface area contributed by atoms with Gasteiger partial charge in [-0.25, -0.2) is 4.79 Å². The number of nitrogens with zero attached hydrogens (tertiary/aromatic N) is 4. The van der Waals surface area contributed by atoms with E-state index in [-0.39, 0.29) is 37.4 Å². The molecule has 1 aromatic heterocycles. The summed E-state index contributed by atoms with van der Waals surface area (Å²) in [6.45, 7) is 0.267. The predicted molar refractivity (Wildman–Crippen MR) is 166 cm³/mol. The van der Waals surface area contributed by atoms with Crippen LogP contribution in [-0.4, -0.2) is 52.8 Å². The summed E-state index contributed by atoms with van der Waals surface area (Å²) in [6, 6.07) is 26.9. The number of benzene rings is 4. The van der Waals surface area contributed by atoms with Crippen LogP contribution < -0.4 is 29.7 Å². The van der Waals surface area contributed by atoms with Crippen molar-refractivity contribution in [1.29, 1.82) is 0 Å². The van der Waals surface area contributed by atoms with Crippen molar-refractivity contribution >= 4 is 40.4 Å². The predicted octanol–water partition coefficient (Wildman–Crippen LogP) is 5.96. The van der Waals surface area contributed by atoms with Gasteiger partial charge in [-0.05, 0) is 41.1 Å². The van der Waals surface area contributed by atoms with Gasteiger partial charge in [-0.15, -0.1) is 0 Å². The van der Waals surface area contributed by atoms with Crippen LogP contribution in [0.15, 0.2) is 91.0 Å². The first-order valence-electron chi connectivity index (χ1n) is 13.6. The lowest BCUT2D eigenvalue weighted by Crippen LogP contribution is -2.29. The maximum Gasteiger partial charge on any atom is 0.328 e. The number of aliphatic carboxylic acids is 1. The molecule has 0 fully saturated rings. The van der Waals surface area contributed by atoms with Gasteiger partial charge in [0.05, 0.1) is 26.3 Å². The van der Waals surface area contributed by atoms with Gasteiger partial charge in [0, 0.05) is 18.7 Å². The van der Waals surface area contributed by atoms with E-state index < -0.39 is 12.0 Å². The molecule has 1 heterocycles. The van der Waals surface area contributed by atoms with E-state index in [0.29, 0.717) is 22.9 Å². The highest BCUT2D eigenvalue weighted by Crippen LogP contribution is 2.28. The van der Waals surface area contributed by atoms with E-state index in [9.17, 15) is 14.7 Å². The Kier molecular flexibility index (Phi) is 9.30. The van der Waals surface area contributed by atoms with Crippen LogP contribution in [0.3, 0.4) is 0 Å². The number of anilines is 3. The summed E-state index contributed by atoms with van der Waals surface area (Å²) in [5.74, 6) is 0.535. The third kappa shape index (κ3) is 7.48. The van der Waals surface area contributed by atoms with Gasteiger partial charge in [-0.3, -0.25) is 10.1 Å². The van der Waals surface area contributed by atoms with Crippen LogP contribution in [-0.2, 0) is 11.3 Å². The summed E-state index contributed by atoms with van der Waals surface area (Å²) in [6.07, 6.45) is -0.196. The fraction of sp³-hybridized carbons (Fsp3) is 0.156. The molecule has 0 atom stereocenters. The Bertz CT molecular complexity index is 1780. The smallest absolute Gasteiger partial charge is 0.328 e. The first-order chi connectivity index (χ1) is 21.4. The Balaban J connectivity index is 1.50. The molecule has 0 spiro atoms. The van der Waals surface area contributed by atoms with Crippen molar-refractivity contribution in [3.8, 4) is 23.3 Å². The number of para-hydroxylation sites is 3. The number of carbonyl (C=O) groups excluding carboxylic acids is 1. The molecule has 0 radical (unpaired) electrons. The molecule has 224 valence electrons. The van der Waals surface area contributed by atoms with Crippen LogP contribution in [0.25, 0.3) is 10.8 Å². The lowest BCUT2D eigenvalue weighted by atomic mass is 10.1. The number of rotatable bonds is 12. The highest BCUT2D eigenvalue weighted by molar-refractivity contribution is 5.99. The molecule has 12 nitrogen and oxygen atoms in total. The van der Waals surface area contributed by atoms with Gasteiger partial charge < -0.3 is 29.5 Å². The summed E-state index contributed by atoms with van der Waals surface area (Å²) >= 11 is 0. The van der Waals surface area contributed by atoms with Gasteiger partial charge in [0.15, 0.2) is 0 Å². The molecule has 2 amide bonds. The third-order valence-corrected chi connectivity index (χ3v) is 6.55. The maximum absolute atomic E-state index is 13.0. The van der Waals surface area contributed by atoms with Crippen LogP contribution >= 0.6 is 0 Å². The summed E-state index contributed by atoms with van der Waals surface area (Å²) < 4.78 is 16.9. The normalized spacial score (nSPS) is 10.6. The van der Waals surface area contributed by atoms with Crippen molar-refractivity contribution in [2.24, 2.45) is 0 Å². The topological polar surface area (TPSA) is 148 Å². The first-order valence-corrected chi connectivity index (χ1v) is 13.6. The average molecular weight is 595 g/mol. The SMILES string of the molecule is COc1ccccc1CN(CCC(=O)O)c1nc(NC(=O)Nc2ccccc2OC)nc(Oc2ccc3ccccc3c2)n1. The molecule has 0 aliphatic rings. The maximum atomic E-state index is 13.0. The van der Waals surface area contributed by atoms with Crippen molar-refractivity contribution in [3.05, 3.63) is 96.6 Å². The Hall–Kier alpha value is -5.91. The Labute approximate surface area is 253 Å². The number of urea groups is 1. The van der Waals surface area contributed by atoms with E-state index in [4.69, 9.17) is 14.2 Å². The molecule has 0 saturated carbocycles. The van der Waals surface area contributed by atoms with Crippen LogP contribution in [0, 0.1) is 0 Å². The number of methoxy groups -OCH3 is 2. The molecule has 0 unspecified atom stereocenters. The second-order valence-corrected chi connectivity index (χ2v) is 9.51. The largest absolute Gasteiger partial charge is 0.496 e. The number of aromatic nitrogens is 3. The second kappa shape index (κ2) is 13.8. The van der Waals surface area contributed by atoms with E-state index in [1.807, 2.05) is 60.7 Å². The number of fused-ring (bicyclic) bond motifs is 1. The number of ether oxygens (including phenoxy) is 3. The summed E-state index contributed by atoms with van der Waals surface area (Å²) in [5, 5.41) is 16.8. The number of carbonyl (C=O) groups is 2. The molecule has 0 aliphatic heterocycles. The zero-order valence-corrected chi connectivity index (χ0v) is 24.1. The minimum Gasteiger partial charge on any atom is -0.496 e. The van der Waals surface area contributed by atoms with Crippen LogP contribution in [0.4, 0.5) is 22.4 Å². The van der Waals surface area contributed by atoms with E-state index in [0.717, 1.165) is 16.3 Å². The van der Waals surface area contributed by atoms with Gasteiger partial charge in [0.25, 0.3) is 0 Å². The van der Waals surface area contributed by atoms with Gasteiger partial charge in [-0.1, -0.05) is 60.7 Å². The summed E-state index contributed by atoms with van der Waals surface area (Å²) in [4.78, 5) is 39.5. The van der Waals surface area contributed by atoms with Crippen molar-refractivity contribution < 1.29 is 28.9 Å². The molecule has 44 heavy (non-hydrogen) atoms. The number of amides is 2. The molecule has 0 saturated heterocycles. The fourth-order valence-electron chi connectivity index (χ4n) is 4.45. The Morgan fingerprint density at radius 2 is 1.50 bits per heavy atom. The van der Waals surface area contributed by atoms with Crippen molar-refractivity contribution in [1.82, 2.24) is 15.0 Å². The minimum atomic E-state index is -0.994. The number of carboxylic acid groups (broad SMARTS) is 1. The van der Waals surface area contributed by atoms with Crippen molar-refractivity contribution in [3.63, 3.8) is 0 Å². The van der Waals surface area contributed by atoms with Crippen LogP contribution in [0.2, 0.25) is 0 Å². The lowest BCUT2D eigenvalue weighted by Gasteiger charge is -2.23. The monoisotopic (exact) mass is 594 g/mol. The van der Waals surface area contributed by atoms with E-state index in [2.05, 4.69) is 25.6 Å². The lowest BCUT2D eigenvalue weighted by molar-refractivity contribution is -0.136. The molecule has 5 rings (SSSR count). The first kappa shape index (κ1) is 29.6. The summed E-state index contributed by atoms with van der Waals surface area (Å²) in [7, 11) is 3.06. The van der Waals surface area contributed by atoms with Gasteiger partial charge >= 0.3 is 18.0 Å². The summed E-state index contributed by atoms with van der Waals surface area (Å²) in [5.41, 5.74) is 1.22. The second-order valence-electron chi connectivity index (χ2n) is 9.51. The highest BCUT2D eigenvalue weighted by atomic mass is 16.5. The third-order valence-electron chi connectivity index (χ3n) is 6.55. The molecular formula is C32H30N6O6. The number of nitrogens with one attached hydrogen (secondary N) is 2. The highest BCUT2D eigenvalue weighted by Gasteiger charge is 2.20. The van der Waals surface area contributed by atoms with Gasteiger partial charge in [-0.2, -0.15) is 15.0 Å². The number of hydrogen-bond donors (Lipinski definition) is 3. The zero-order valence-electron chi connectivity index (χ0n) is 24.1. The number of hydrogen-bond acceptors (Lipinski definition) is 9. The van der Waals surface area contributed by atoms with E-state index in [1.165, 1.54) is 7.11 Å². The molecule has 4 aromatic carbocycles. The average Bonchev–Trinajstić information content (AvgIpc) is 3.03. The van der Waals surface area contributed by atoms with Crippen molar-refractivity contribution in [2.75, 3.05) is 36.3 Å². The van der Waals surface area contributed by atoms with Gasteiger partial charge in [0.2, 0.25) is 11.9 Å². The van der Waals surface area contributed by atoms with Gasteiger partial charge in [0.1, 0.15) is 17.2 Å². The van der Waals surface area contributed by atoms with Crippen LogP contribution in [0.5, 0.6) is 23.3 Å². The molecule has 5 aromatic rings. The molecule has 3 N–H and O–H groups in total. The molecular weight excluding hydrogens is 564 g/mol. The quantitative estimate of drug-likeness (QED) is 0.158. The van der Waals surface area contributed by atoms with E-state index in [1.54, 1.807) is 42.3 Å². The van der Waals surface area contributed by atoms with E-state index >= 15 is 0 Å². The molecule has 0 bridgehead atoms. The van der Waals surface area contributed by atoms with Crippen LogP contribution in [0.1, 0.15) is 12.0 Å². The Morgan fingerprint density at radius 1 is 0.795 bits per heavy atom. The zero-order chi connectivity index (χ0) is 30.9. The standard InChI is InChI=1S/C32H30N6O6/c1-42-26-13-7-5-11-23(26)20-38(18-17-28(39)40)30-34-29(35-31(41)33-25-12-6-8-14-27(25)43-2)36-32(37-30)44-24-16-15-21-9-3-4-10-22(21)19-24/h3-16,19H,17-18,20H2,1-2H3,(H,39,40)(H2,33,34,35,36,37,41). The fourth-order valence-corrected chi connectivity index (χ4v) is 4.45. The van der Waals surface area contributed by atoms with Crippen molar-refractivity contribution in [2.45, 2.75) is 13.0 Å². The minimum absolute atomic E-state index is 0.0552. The number of carboxylic acids is 1. The Morgan fingerprint density at radius 3 is 2.27 bits per heavy atom. The molecule has 12 heteroatoms. The molecule has 0 aliphatic carbocycles.